The number of benzene rings is 1. The predicted octanol–water partition coefficient (Wildman–Crippen LogP) is 3.58. The summed E-state index contributed by atoms with van der Waals surface area (Å²) in [5, 5.41) is 0. The van der Waals surface area contributed by atoms with E-state index in [1.54, 1.807) is 6.20 Å². The molecule has 3 heteroatoms. The van der Waals surface area contributed by atoms with E-state index in [-0.39, 0.29) is 11.8 Å². The number of hydrogen-bond donors (Lipinski definition) is 0. The van der Waals surface area contributed by atoms with Crippen LogP contribution in [0.25, 0.3) is 0 Å². The van der Waals surface area contributed by atoms with Crippen molar-refractivity contribution >= 4 is 5.91 Å². The first kappa shape index (κ1) is 14.8. The lowest BCUT2D eigenvalue weighted by Crippen LogP contribution is -2.31. The summed E-state index contributed by atoms with van der Waals surface area (Å²) in [4.78, 5) is 18.7. The smallest absolute Gasteiger partial charge is 0.226 e. The minimum absolute atomic E-state index is 0.242. The van der Waals surface area contributed by atoms with Gasteiger partial charge in [-0.1, -0.05) is 37.3 Å². The van der Waals surface area contributed by atoms with Gasteiger partial charge in [-0.2, -0.15) is 0 Å². The molecule has 114 valence electrons. The molecule has 3 rings (SSSR count). The molecule has 0 radical (unpaired) electrons. The Morgan fingerprint density at radius 3 is 2.36 bits per heavy atom. The molecule has 0 aliphatic heterocycles. The number of rotatable bonds is 6. The maximum atomic E-state index is 12.5. The molecule has 0 bridgehead atoms. The van der Waals surface area contributed by atoms with E-state index in [9.17, 15) is 4.79 Å². The second-order valence-corrected chi connectivity index (χ2v) is 6.00. The van der Waals surface area contributed by atoms with E-state index in [4.69, 9.17) is 0 Å². The SMILES string of the molecule is CCc1ccc(CN(Cc2cccnc2)C(=O)C2CC2)cc1. The first-order chi connectivity index (χ1) is 10.8. The molecule has 0 unspecified atom stereocenters. The van der Waals surface area contributed by atoms with Crippen LogP contribution >= 0.6 is 0 Å². The van der Waals surface area contributed by atoms with Crippen molar-refractivity contribution in [1.82, 2.24) is 9.88 Å². The highest BCUT2D eigenvalue weighted by atomic mass is 16.2. The molecule has 0 spiro atoms. The van der Waals surface area contributed by atoms with Gasteiger partial charge in [0.15, 0.2) is 0 Å². The average Bonchev–Trinajstić information content (AvgIpc) is 3.40. The quantitative estimate of drug-likeness (QED) is 0.816. The molecule has 1 aromatic carbocycles. The summed E-state index contributed by atoms with van der Waals surface area (Å²) < 4.78 is 0. The summed E-state index contributed by atoms with van der Waals surface area (Å²) in [6.07, 6.45) is 6.72. The van der Waals surface area contributed by atoms with Gasteiger partial charge in [-0.3, -0.25) is 9.78 Å². The van der Waals surface area contributed by atoms with Crippen LogP contribution in [0.3, 0.4) is 0 Å². The summed E-state index contributed by atoms with van der Waals surface area (Å²) in [5.74, 6) is 0.523. The zero-order valence-electron chi connectivity index (χ0n) is 13.0. The van der Waals surface area contributed by atoms with E-state index < -0.39 is 0 Å². The largest absolute Gasteiger partial charge is 0.334 e. The number of nitrogens with zero attached hydrogens (tertiary/aromatic N) is 2. The highest BCUT2D eigenvalue weighted by Crippen LogP contribution is 2.32. The molecule has 1 heterocycles. The average molecular weight is 294 g/mol. The lowest BCUT2D eigenvalue weighted by molar-refractivity contribution is -0.133. The third kappa shape index (κ3) is 3.73. The van der Waals surface area contributed by atoms with Crippen molar-refractivity contribution in [1.29, 1.82) is 0 Å². The Balaban J connectivity index is 1.74. The van der Waals surface area contributed by atoms with Crippen LogP contribution in [-0.4, -0.2) is 15.8 Å². The maximum Gasteiger partial charge on any atom is 0.226 e. The molecule has 1 aliphatic carbocycles. The van der Waals surface area contributed by atoms with Crippen molar-refractivity contribution in [2.24, 2.45) is 5.92 Å². The summed E-state index contributed by atoms with van der Waals surface area (Å²) in [6.45, 7) is 3.47. The van der Waals surface area contributed by atoms with Crippen LogP contribution in [-0.2, 0) is 24.3 Å². The van der Waals surface area contributed by atoms with Crippen molar-refractivity contribution in [3.05, 3.63) is 65.5 Å². The Morgan fingerprint density at radius 1 is 1.09 bits per heavy atom. The third-order valence-corrected chi connectivity index (χ3v) is 4.14. The molecule has 1 aliphatic rings. The minimum Gasteiger partial charge on any atom is -0.334 e. The molecule has 3 nitrogen and oxygen atoms in total. The highest BCUT2D eigenvalue weighted by molar-refractivity contribution is 5.81. The molecule has 0 N–H and O–H groups in total. The third-order valence-electron chi connectivity index (χ3n) is 4.14. The molecule has 1 aromatic heterocycles. The van der Waals surface area contributed by atoms with Crippen molar-refractivity contribution in [3.8, 4) is 0 Å². The van der Waals surface area contributed by atoms with Gasteiger partial charge >= 0.3 is 0 Å². The molecule has 1 saturated carbocycles. The fourth-order valence-corrected chi connectivity index (χ4v) is 2.61. The number of aryl methyl sites for hydroxylation is 1. The van der Waals surface area contributed by atoms with E-state index in [2.05, 4.69) is 36.2 Å². The summed E-state index contributed by atoms with van der Waals surface area (Å²) in [7, 11) is 0. The molecule has 0 atom stereocenters. The second kappa shape index (κ2) is 6.73. The zero-order chi connectivity index (χ0) is 15.4. The minimum atomic E-state index is 0.242. The molecule has 1 fully saturated rings. The molecular weight excluding hydrogens is 272 g/mol. The van der Waals surface area contributed by atoms with Gasteiger partial charge in [-0.15, -0.1) is 0 Å². The van der Waals surface area contributed by atoms with Crippen LogP contribution in [0, 0.1) is 5.92 Å². The molecular formula is C19H22N2O. The van der Waals surface area contributed by atoms with E-state index in [1.807, 2.05) is 23.2 Å². The molecule has 2 aromatic rings. The van der Waals surface area contributed by atoms with Crippen LogP contribution in [0.1, 0.15) is 36.5 Å². The van der Waals surface area contributed by atoms with Gasteiger partial charge in [0.05, 0.1) is 0 Å². The number of aromatic nitrogens is 1. The van der Waals surface area contributed by atoms with E-state index >= 15 is 0 Å². The monoisotopic (exact) mass is 294 g/mol. The number of carbonyl (C=O) groups excluding carboxylic acids is 1. The van der Waals surface area contributed by atoms with Gasteiger partial charge in [0.25, 0.3) is 0 Å². The van der Waals surface area contributed by atoms with E-state index in [0.717, 1.165) is 24.8 Å². The first-order valence-corrected chi connectivity index (χ1v) is 8.01. The maximum absolute atomic E-state index is 12.5. The van der Waals surface area contributed by atoms with Crippen molar-refractivity contribution in [2.45, 2.75) is 39.3 Å². The fourth-order valence-electron chi connectivity index (χ4n) is 2.61. The lowest BCUT2D eigenvalue weighted by Gasteiger charge is -2.23. The Bertz CT molecular complexity index is 618. The molecule has 22 heavy (non-hydrogen) atoms. The van der Waals surface area contributed by atoms with Crippen LogP contribution < -0.4 is 0 Å². The van der Waals surface area contributed by atoms with E-state index in [0.29, 0.717) is 13.1 Å². The van der Waals surface area contributed by atoms with Crippen molar-refractivity contribution < 1.29 is 4.79 Å². The number of pyridine rings is 1. The Kier molecular flexibility index (Phi) is 4.52. The van der Waals surface area contributed by atoms with Gasteiger partial charge in [0, 0.05) is 31.4 Å². The zero-order valence-corrected chi connectivity index (χ0v) is 13.0. The van der Waals surface area contributed by atoms with Gasteiger partial charge in [0.2, 0.25) is 5.91 Å². The molecule has 0 saturated heterocycles. The second-order valence-electron chi connectivity index (χ2n) is 6.00. The summed E-state index contributed by atoms with van der Waals surface area (Å²) >= 11 is 0. The van der Waals surface area contributed by atoms with Gasteiger partial charge in [-0.25, -0.2) is 0 Å². The van der Waals surface area contributed by atoms with Crippen LogP contribution in [0.2, 0.25) is 0 Å². The van der Waals surface area contributed by atoms with Gasteiger partial charge < -0.3 is 4.90 Å². The fraction of sp³-hybridized carbons (Fsp3) is 0.368. The summed E-state index contributed by atoms with van der Waals surface area (Å²) in [5.41, 5.74) is 3.60. The van der Waals surface area contributed by atoms with Crippen molar-refractivity contribution in [2.75, 3.05) is 0 Å². The number of carbonyl (C=O) groups is 1. The van der Waals surface area contributed by atoms with Crippen LogP contribution in [0.15, 0.2) is 48.8 Å². The van der Waals surface area contributed by atoms with E-state index in [1.165, 1.54) is 11.1 Å². The Hall–Kier alpha value is -2.16. The van der Waals surface area contributed by atoms with Gasteiger partial charge in [-0.05, 0) is 42.0 Å². The number of hydrogen-bond acceptors (Lipinski definition) is 2. The predicted molar refractivity (Wildman–Crippen MR) is 87.0 cm³/mol. The number of amides is 1. The van der Waals surface area contributed by atoms with Crippen molar-refractivity contribution in [3.63, 3.8) is 0 Å². The highest BCUT2D eigenvalue weighted by Gasteiger charge is 2.33. The van der Waals surface area contributed by atoms with Crippen LogP contribution in [0.4, 0.5) is 0 Å². The topological polar surface area (TPSA) is 33.2 Å². The van der Waals surface area contributed by atoms with Crippen LogP contribution in [0.5, 0.6) is 0 Å². The Labute approximate surface area is 132 Å². The Morgan fingerprint density at radius 2 is 1.77 bits per heavy atom. The summed E-state index contributed by atoms with van der Waals surface area (Å²) in [6, 6.07) is 12.5. The lowest BCUT2D eigenvalue weighted by atomic mass is 10.1. The standard InChI is InChI=1S/C19H22N2O/c1-2-15-5-7-16(8-6-15)13-21(19(22)18-9-10-18)14-17-4-3-11-20-12-17/h3-8,11-12,18H,2,9-10,13-14H2,1H3. The molecule has 1 amide bonds. The first-order valence-electron chi connectivity index (χ1n) is 8.01. The normalized spacial score (nSPS) is 13.9. The van der Waals surface area contributed by atoms with Gasteiger partial charge in [0.1, 0.15) is 0 Å².